The predicted molar refractivity (Wildman–Crippen MR) is 53.4 cm³/mol. The molecule has 0 aliphatic heterocycles. The first-order valence-corrected chi connectivity index (χ1v) is 5.05. The van der Waals surface area contributed by atoms with Crippen LogP contribution in [-0.4, -0.2) is 17.1 Å². The van der Waals surface area contributed by atoms with E-state index in [0.717, 1.165) is 24.0 Å². The van der Waals surface area contributed by atoms with E-state index in [1.54, 1.807) is 0 Å². The summed E-state index contributed by atoms with van der Waals surface area (Å²) in [5, 5.41) is 12.1. The molecule has 2 rings (SSSR count). The quantitative estimate of drug-likeness (QED) is 0.467. The van der Waals surface area contributed by atoms with Crippen molar-refractivity contribution in [3.05, 3.63) is 23.3 Å². The maximum Gasteiger partial charge on any atom is 0.104 e. The Labute approximate surface area is 82.8 Å². The summed E-state index contributed by atoms with van der Waals surface area (Å²) in [4.78, 5) is 0. The molecule has 2 aliphatic rings. The van der Waals surface area contributed by atoms with Gasteiger partial charge in [-0.1, -0.05) is 17.3 Å². The molecule has 0 aromatic carbocycles. The Hall–Kier alpha value is -1.12. The smallest absolute Gasteiger partial charge is 0.104 e. The topological polar surface area (TPSA) is 32.6 Å². The van der Waals surface area contributed by atoms with E-state index in [1.165, 1.54) is 0 Å². The molecule has 1 N–H and O–H groups in total. The van der Waals surface area contributed by atoms with Crippen LogP contribution in [0.1, 0.15) is 32.1 Å². The molecule has 0 saturated carbocycles. The minimum Gasteiger partial charge on any atom is -0.411 e. The van der Waals surface area contributed by atoms with Crippen molar-refractivity contribution in [3.8, 4) is 0 Å². The first kappa shape index (κ1) is 9.44. The van der Waals surface area contributed by atoms with Crippen molar-refractivity contribution in [2.75, 3.05) is 0 Å². The van der Waals surface area contributed by atoms with Crippen LogP contribution in [0.25, 0.3) is 0 Å². The molecule has 0 amide bonds. The fourth-order valence-electron chi connectivity index (χ4n) is 2.14. The SMILES string of the molecule is ON=C1CC=CC2=C1CC(F)CCC2. The fraction of sp³-hybridized carbons (Fsp3) is 0.545. The number of hydrogen-bond acceptors (Lipinski definition) is 2. The molecule has 0 radical (unpaired) electrons. The summed E-state index contributed by atoms with van der Waals surface area (Å²) in [6.45, 7) is 0. The highest BCUT2D eigenvalue weighted by Gasteiger charge is 2.22. The number of alkyl halides is 1. The van der Waals surface area contributed by atoms with Gasteiger partial charge in [0.15, 0.2) is 0 Å². The number of hydrogen-bond donors (Lipinski definition) is 1. The van der Waals surface area contributed by atoms with E-state index < -0.39 is 6.17 Å². The monoisotopic (exact) mass is 195 g/mol. The van der Waals surface area contributed by atoms with Crippen LogP contribution in [0.4, 0.5) is 4.39 Å². The van der Waals surface area contributed by atoms with E-state index in [9.17, 15) is 4.39 Å². The van der Waals surface area contributed by atoms with Crippen molar-refractivity contribution in [1.29, 1.82) is 0 Å². The van der Waals surface area contributed by atoms with Crippen LogP contribution in [0.15, 0.2) is 28.5 Å². The second kappa shape index (κ2) is 3.95. The third-order valence-electron chi connectivity index (χ3n) is 2.88. The van der Waals surface area contributed by atoms with E-state index in [0.29, 0.717) is 25.0 Å². The molecule has 1 atom stereocenters. The van der Waals surface area contributed by atoms with E-state index in [1.807, 2.05) is 12.2 Å². The van der Waals surface area contributed by atoms with Crippen molar-refractivity contribution in [2.45, 2.75) is 38.3 Å². The van der Waals surface area contributed by atoms with E-state index in [4.69, 9.17) is 5.21 Å². The zero-order valence-electron chi connectivity index (χ0n) is 8.04. The lowest BCUT2D eigenvalue weighted by Crippen LogP contribution is -2.11. The van der Waals surface area contributed by atoms with Crippen LogP contribution in [-0.2, 0) is 0 Å². The van der Waals surface area contributed by atoms with Crippen LogP contribution in [0.3, 0.4) is 0 Å². The van der Waals surface area contributed by atoms with E-state index >= 15 is 0 Å². The molecule has 0 fully saturated rings. The number of oxime groups is 1. The molecular weight excluding hydrogens is 181 g/mol. The molecule has 2 nitrogen and oxygen atoms in total. The zero-order chi connectivity index (χ0) is 9.97. The van der Waals surface area contributed by atoms with Gasteiger partial charge >= 0.3 is 0 Å². The summed E-state index contributed by atoms with van der Waals surface area (Å²) in [5.41, 5.74) is 2.73. The number of nitrogens with zero attached hydrogens (tertiary/aromatic N) is 1. The first-order valence-electron chi connectivity index (χ1n) is 5.05. The Morgan fingerprint density at radius 1 is 1.50 bits per heavy atom. The Balaban J connectivity index is 2.32. The van der Waals surface area contributed by atoms with E-state index in [2.05, 4.69) is 5.16 Å². The summed E-state index contributed by atoms with van der Waals surface area (Å²) < 4.78 is 13.3. The van der Waals surface area contributed by atoms with Crippen LogP contribution in [0.5, 0.6) is 0 Å². The largest absolute Gasteiger partial charge is 0.411 e. The summed E-state index contributed by atoms with van der Waals surface area (Å²) in [7, 11) is 0. The number of allylic oxidation sites excluding steroid dienone is 4. The first-order chi connectivity index (χ1) is 6.81. The van der Waals surface area contributed by atoms with E-state index in [-0.39, 0.29) is 0 Å². The van der Waals surface area contributed by atoms with Gasteiger partial charge in [0, 0.05) is 12.8 Å². The minimum atomic E-state index is -0.772. The zero-order valence-corrected chi connectivity index (χ0v) is 8.04. The van der Waals surface area contributed by atoms with Crippen molar-refractivity contribution >= 4 is 5.71 Å². The standard InChI is InChI=1S/C11H14FNO/c12-9-5-1-3-8-4-2-6-11(13-14)10(8)7-9/h2,4,9,14H,1,3,5-7H2. The fourth-order valence-corrected chi connectivity index (χ4v) is 2.14. The lowest BCUT2D eigenvalue weighted by molar-refractivity contribution is 0.309. The Morgan fingerprint density at radius 2 is 2.36 bits per heavy atom. The van der Waals surface area contributed by atoms with Gasteiger partial charge in [-0.15, -0.1) is 0 Å². The summed E-state index contributed by atoms with van der Waals surface area (Å²) in [6.07, 6.45) is 6.72. The van der Waals surface area contributed by atoms with Crippen LogP contribution < -0.4 is 0 Å². The lowest BCUT2D eigenvalue weighted by Gasteiger charge is -2.15. The molecular formula is C11H14FNO. The van der Waals surface area contributed by atoms with Gasteiger partial charge in [-0.05, 0) is 30.4 Å². The molecule has 3 heteroatoms. The maximum atomic E-state index is 13.3. The normalized spacial score (nSPS) is 30.4. The molecule has 2 aliphatic carbocycles. The van der Waals surface area contributed by atoms with Gasteiger partial charge in [0.1, 0.15) is 6.17 Å². The lowest BCUT2D eigenvalue weighted by atomic mass is 9.92. The summed E-state index contributed by atoms with van der Waals surface area (Å²) in [6, 6.07) is 0. The van der Waals surface area contributed by atoms with Crippen molar-refractivity contribution in [2.24, 2.45) is 5.16 Å². The highest BCUT2D eigenvalue weighted by atomic mass is 19.1. The molecule has 0 bridgehead atoms. The van der Waals surface area contributed by atoms with Gasteiger partial charge in [0.25, 0.3) is 0 Å². The summed E-state index contributed by atoms with van der Waals surface area (Å²) in [5.74, 6) is 0. The van der Waals surface area contributed by atoms with Gasteiger partial charge in [-0.3, -0.25) is 0 Å². The molecule has 0 aromatic rings. The average molecular weight is 195 g/mol. The Bertz CT molecular complexity index is 317. The third kappa shape index (κ3) is 1.72. The van der Waals surface area contributed by atoms with Gasteiger partial charge in [0.05, 0.1) is 5.71 Å². The Morgan fingerprint density at radius 3 is 3.14 bits per heavy atom. The van der Waals surface area contributed by atoms with Crippen LogP contribution >= 0.6 is 0 Å². The second-order valence-corrected chi connectivity index (χ2v) is 3.85. The van der Waals surface area contributed by atoms with Crippen molar-refractivity contribution < 1.29 is 9.60 Å². The van der Waals surface area contributed by atoms with Crippen molar-refractivity contribution in [3.63, 3.8) is 0 Å². The highest BCUT2D eigenvalue weighted by Crippen LogP contribution is 2.30. The van der Waals surface area contributed by atoms with Crippen LogP contribution in [0.2, 0.25) is 0 Å². The molecule has 0 heterocycles. The summed E-state index contributed by atoms with van der Waals surface area (Å²) >= 11 is 0. The van der Waals surface area contributed by atoms with Gasteiger partial charge in [0.2, 0.25) is 0 Å². The van der Waals surface area contributed by atoms with Gasteiger partial charge < -0.3 is 5.21 Å². The Kier molecular flexibility index (Phi) is 2.66. The molecule has 0 saturated heterocycles. The van der Waals surface area contributed by atoms with Gasteiger partial charge in [-0.25, -0.2) is 4.39 Å². The minimum absolute atomic E-state index is 0.416. The van der Waals surface area contributed by atoms with Crippen molar-refractivity contribution in [1.82, 2.24) is 0 Å². The second-order valence-electron chi connectivity index (χ2n) is 3.85. The maximum absolute atomic E-state index is 13.3. The number of rotatable bonds is 0. The molecule has 0 spiro atoms. The average Bonchev–Trinajstić information content (AvgIpc) is 2.38. The molecule has 76 valence electrons. The number of halogens is 1. The van der Waals surface area contributed by atoms with Gasteiger partial charge in [-0.2, -0.15) is 0 Å². The predicted octanol–water partition coefficient (Wildman–Crippen LogP) is 2.99. The highest BCUT2D eigenvalue weighted by molar-refractivity contribution is 6.02. The molecule has 0 aromatic heterocycles. The molecule has 14 heavy (non-hydrogen) atoms. The third-order valence-corrected chi connectivity index (χ3v) is 2.88. The van der Waals surface area contributed by atoms with Crippen LogP contribution in [0, 0.1) is 0 Å². The molecule has 1 unspecified atom stereocenters.